The third-order valence-electron chi connectivity index (χ3n) is 5.08. The van der Waals surface area contributed by atoms with Gasteiger partial charge < -0.3 is 9.47 Å². The van der Waals surface area contributed by atoms with E-state index in [0.717, 1.165) is 11.3 Å². The SMILES string of the molecule is Cc1ccccc1-n1ncc2c(=O)n(CC(=O)c3ccc4c(c3)OCCO4)cnc21. The van der Waals surface area contributed by atoms with Gasteiger partial charge in [0.1, 0.15) is 24.9 Å². The lowest BCUT2D eigenvalue weighted by Gasteiger charge is -2.18. The molecule has 0 fully saturated rings. The first kappa shape index (κ1) is 18.1. The number of ether oxygens (including phenoxy) is 2. The number of para-hydroxylation sites is 1. The second-order valence-corrected chi connectivity index (χ2v) is 7.04. The fourth-order valence-electron chi connectivity index (χ4n) is 3.50. The minimum absolute atomic E-state index is 0.128. The molecule has 2 aromatic carbocycles. The number of benzene rings is 2. The molecule has 30 heavy (non-hydrogen) atoms. The summed E-state index contributed by atoms with van der Waals surface area (Å²) in [4.78, 5) is 30.1. The lowest BCUT2D eigenvalue weighted by atomic mass is 10.1. The second-order valence-electron chi connectivity index (χ2n) is 7.04. The smallest absolute Gasteiger partial charge is 0.264 e. The lowest BCUT2D eigenvalue weighted by molar-refractivity contribution is 0.0969. The van der Waals surface area contributed by atoms with Gasteiger partial charge in [-0.25, -0.2) is 9.67 Å². The topological polar surface area (TPSA) is 88.2 Å². The molecule has 0 spiro atoms. The maximum absolute atomic E-state index is 12.9. The molecule has 0 saturated carbocycles. The van der Waals surface area contributed by atoms with E-state index in [1.165, 1.54) is 17.1 Å². The summed E-state index contributed by atoms with van der Waals surface area (Å²) in [6.07, 6.45) is 2.87. The molecule has 1 aliphatic heterocycles. The van der Waals surface area contributed by atoms with Crippen LogP contribution in [0.5, 0.6) is 11.5 Å². The van der Waals surface area contributed by atoms with Crippen LogP contribution in [-0.2, 0) is 6.54 Å². The van der Waals surface area contributed by atoms with Gasteiger partial charge in [-0.15, -0.1) is 0 Å². The van der Waals surface area contributed by atoms with Crippen molar-refractivity contribution in [3.8, 4) is 17.2 Å². The van der Waals surface area contributed by atoms with Crippen LogP contribution in [0.4, 0.5) is 0 Å². The number of carbonyl (C=O) groups is 1. The number of aromatic nitrogens is 4. The highest BCUT2D eigenvalue weighted by molar-refractivity contribution is 5.96. The molecule has 4 aromatic rings. The van der Waals surface area contributed by atoms with E-state index in [1.54, 1.807) is 22.9 Å². The average Bonchev–Trinajstić information content (AvgIpc) is 3.20. The van der Waals surface area contributed by atoms with Crippen molar-refractivity contribution in [3.63, 3.8) is 0 Å². The van der Waals surface area contributed by atoms with Gasteiger partial charge in [0.2, 0.25) is 0 Å². The Balaban J connectivity index is 1.47. The fourth-order valence-corrected chi connectivity index (χ4v) is 3.50. The number of nitrogens with zero attached hydrogens (tertiary/aromatic N) is 4. The number of hydrogen-bond acceptors (Lipinski definition) is 6. The maximum atomic E-state index is 12.9. The minimum atomic E-state index is -0.314. The highest BCUT2D eigenvalue weighted by Crippen LogP contribution is 2.31. The quantitative estimate of drug-likeness (QED) is 0.488. The minimum Gasteiger partial charge on any atom is -0.486 e. The van der Waals surface area contributed by atoms with Crippen molar-refractivity contribution < 1.29 is 14.3 Å². The summed E-state index contributed by atoms with van der Waals surface area (Å²) in [5.74, 6) is 0.927. The number of aryl methyl sites for hydroxylation is 1. The summed E-state index contributed by atoms with van der Waals surface area (Å²) in [6, 6.07) is 12.7. The zero-order chi connectivity index (χ0) is 20.7. The largest absolute Gasteiger partial charge is 0.486 e. The Hall–Kier alpha value is -3.94. The van der Waals surface area contributed by atoms with Gasteiger partial charge >= 0.3 is 0 Å². The van der Waals surface area contributed by atoms with E-state index in [1.807, 2.05) is 31.2 Å². The van der Waals surface area contributed by atoms with E-state index in [2.05, 4.69) is 10.1 Å². The highest BCUT2D eigenvalue weighted by Gasteiger charge is 2.17. The Bertz CT molecular complexity index is 1340. The number of ketones is 1. The van der Waals surface area contributed by atoms with E-state index in [-0.39, 0.29) is 17.9 Å². The summed E-state index contributed by atoms with van der Waals surface area (Å²) in [7, 11) is 0. The Morgan fingerprint density at radius 1 is 1.10 bits per heavy atom. The predicted molar refractivity (Wildman–Crippen MR) is 110 cm³/mol. The molecular formula is C22H18N4O4. The highest BCUT2D eigenvalue weighted by atomic mass is 16.6. The molecule has 0 amide bonds. The van der Waals surface area contributed by atoms with Gasteiger partial charge in [0.15, 0.2) is 22.9 Å². The van der Waals surface area contributed by atoms with Gasteiger partial charge in [-0.3, -0.25) is 14.2 Å². The summed E-state index contributed by atoms with van der Waals surface area (Å²) in [6.45, 7) is 2.76. The standard InChI is InChI=1S/C22H18N4O4/c1-14-4-2-3-5-17(14)26-21-16(11-24-26)22(28)25(13-23-21)12-18(27)15-6-7-19-20(10-15)30-9-8-29-19/h2-7,10-11,13H,8-9,12H2,1H3. The van der Waals surface area contributed by atoms with Crippen LogP contribution < -0.4 is 15.0 Å². The third kappa shape index (κ3) is 3.02. The average molecular weight is 402 g/mol. The normalized spacial score (nSPS) is 12.8. The van der Waals surface area contributed by atoms with Crippen molar-refractivity contribution in [1.29, 1.82) is 0 Å². The molecule has 0 unspecified atom stereocenters. The summed E-state index contributed by atoms with van der Waals surface area (Å²) < 4.78 is 13.9. The second kappa shape index (κ2) is 7.14. The number of hydrogen-bond donors (Lipinski definition) is 0. The van der Waals surface area contributed by atoms with Gasteiger partial charge in [0, 0.05) is 5.56 Å². The molecule has 0 saturated heterocycles. The van der Waals surface area contributed by atoms with Crippen molar-refractivity contribution in [2.24, 2.45) is 0 Å². The fraction of sp³-hybridized carbons (Fsp3) is 0.182. The molecule has 0 aliphatic carbocycles. The van der Waals surface area contributed by atoms with Crippen LogP contribution in [0.15, 0.2) is 59.8 Å². The molecular weight excluding hydrogens is 384 g/mol. The lowest BCUT2D eigenvalue weighted by Crippen LogP contribution is -2.25. The van der Waals surface area contributed by atoms with Gasteiger partial charge in [0.25, 0.3) is 5.56 Å². The first-order chi connectivity index (χ1) is 14.6. The molecule has 0 N–H and O–H groups in total. The van der Waals surface area contributed by atoms with Crippen LogP contribution in [0.1, 0.15) is 15.9 Å². The van der Waals surface area contributed by atoms with Crippen molar-refractivity contribution in [1.82, 2.24) is 19.3 Å². The number of carbonyl (C=O) groups excluding carboxylic acids is 1. The Morgan fingerprint density at radius 3 is 2.73 bits per heavy atom. The van der Waals surface area contributed by atoms with Crippen molar-refractivity contribution >= 4 is 16.8 Å². The van der Waals surface area contributed by atoms with Gasteiger partial charge in [-0.05, 0) is 36.8 Å². The van der Waals surface area contributed by atoms with E-state index < -0.39 is 0 Å². The Morgan fingerprint density at radius 2 is 1.90 bits per heavy atom. The van der Waals surface area contributed by atoms with Gasteiger partial charge in [-0.2, -0.15) is 5.10 Å². The molecule has 2 aromatic heterocycles. The van der Waals surface area contributed by atoms with E-state index in [9.17, 15) is 9.59 Å². The molecule has 0 bridgehead atoms. The Kier molecular flexibility index (Phi) is 4.31. The van der Waals surface area contributed by atoms with Crippen LogP contribution in [0.2, 0.25) is 0 Å². The maximum Gasteiger partial charge on any atom is 0.264 e. The number of Topliss-reactive ketones (excluding diaryl/α,β-unsaturated/α-hetero) is 1. The molecule has 1 aliphatic rings. The van der Waals surface area contributed by atoms with Crippen LogP contribution in [-0.4, -0.2) is 38.3 Å². The van der Waals surface area contributed by atoms with Crippen LogP contribution >= 0.6 is 0 Å². The molecule has 8 heteroatoms. The van der Waals surface area contributed by atoms with E-state index in [4.69, 9.17) is 9.47 Å². The van der Waals surface area contributed by atoms with Crippen molar-refractivity contribution in [2.75, 3.05) is 13.2 Å². The van der Waals surface area contributed by atoms with E-state index >= 15 is 0 Å². The molecule has 0 atom stereocenters. The summed E-state index contributed by atoms with van der Waals surface area (Å²) >= 11 is 0. The zero-order valence-corrected chi connectivity index (χ0v) is 16.2. The molecule has 150 valence electrons. The number of fused-ring (bicyclic) bond motifs is 2. The molecule has 8 nitrogen and oxygen atoms in total. The van der Waals surface area contributed by atoms with Crippen LogP contribution in [0.3, 0.4) is 0 Å². The van der Waals surface area contributed by atoms with E-state index in [0.29, 0.717) is 41.3 Å². The molecule has 3 heterocycles. The van der Waals surface area contributed by atoms with Crippen molar-refractivity contribution in [2.45, 2.75) is 13.5 Å². The van der Waals surface area contributed by atoms with Gasteiger partial charge in [0.05, 0.1) is 18.4 Å². The zero-order valence-electron chi connectivity index (χ0n) is 16.2. The van der Waals surface area contributed by atoms with Crippen molar-refractivity contribution in [3.05, 3.63) is 76.5 Å². The first-order valence-electron chi connectivity index (χ1n) is 9.54. The summed E-state index contributed by atoms with van der Waals surface area (Å²) in [5, 5.41) is 4.70. The summed E-state index contributed by atoms with van der Waals surface area (Å²) in [5.41, 5.74) is 2.46. The number of rotatable bonds is 4. The van der Waals surface area contributed by atoms with Gasteiger partial charge in [-0.1, -0.05) is 18.2 Å². The molecule has 5 rings (SSSR count). The predicted octanol–water partition coefficient (Wildman–Crippen LogP) is 2.54. The monoisotopic (exact) mass is 402 g/mol. The molecule has 0 radical (unpaired) electrons. The van der Waals surface area contributed by atoms with Crippen LogP contribution in [0.25, 0.3) is 16.7 Å². The Labute approximate surface area is 171 Å². The third-order valence-corrected chi connectivity index (χ3v) is 5.08. The first-order valence-corrected chi connectivity index (χ1v) is 9.54. The van der Waals surface area contributed by atoms with Crippen LogP contribution in [0, 0.1) is 6.92 Å².